The lowest BCUT2D eigenvalue weighted by Crippen LogP contribution is -2.17. The molecule has 0 aliphatic rings. The van der Waals surface area contributed by atoms with E-state index in [1.54, 1.807) is 26.2 Å². The van der Waals surface area contributed by atoms with Crippen molar-refractivity contribution in [3.63, 3.8) is 0 Å². The molecule has 1 rings (SSSR count). The van der Waals surface area contributed by atoms with Gasteiger partial charge in [-0.15, -0.1) is 0 Å². The maximum Gasteiger partial charge on any atom is 0.218 e. The third-order valence-corrected chi connectivity index (χ3v) is 2.21. The summed E-state index contributed by atoms with van der Waals surface area (Å²) in [6.45, 7) is 1.53. The van der Waals surface area contributed by atoms with Gasteiger partial charge in [0.25, 0.3) is 0 Å². The number of halogens is 2. The highest BCUT2D eigenvalue weighted by Crippen LogP contribution is 2.19. The SMILES string of the molecule is CC(=O)N(C)C.Clc1ccccc1Cl. The molecule has 4 heteroatoms. The molecule has 1 amide bonds. The van der Waals surface area contributed by atoms with Gasteiger partial charge in [0, 0.05) is 21.0 Å². The van der Waals surface area contributed by atoms with Gasteiger partial charge in [0.2, 0.25) is 5.91 Å². The van der Waals surface area contributed by atoms with E-state index in [1.165, 1.54) is 11.8 Å². The van der Waals surface area contributed by atoms with Gasteiger partial charge in [-0.05, 0) is 12.1 Å². The Morgan fingerprint density at radius 1 is 1.14 bits per heavy atom. The van der Waals surface area contributed by atoms with E-state index in [0.717, 1.165) is 0 Å². The summed E-state index contributed by atoms with van der Waals surface area (Å²) in [4.78, 5) is 11.6. The molecule has 0 fully saturated rings. The number of hydrogen-bond acceptors (Lipinski definition) is 1. The summed E-state index contributed by atoms with van der Waals surface area (Å²) in [5, 5.41) is 1.21. The van der Waals surface area contributed by atoms with Crippen LogP contribution in [-0.4, -0.2) is 24.9 Å². The first-order valence-corrected chi connectivity index (χ1v) is 4.78. The van der Waals surface area contributed by atoms with Crippen LogP contribution in [0.5, 0.6) is 0 Å². The maximum absolute atomic E-state index is 10.1. The molecule has 0 bridgehead atoms. The number of benzene rings is 1. The number of carbonyl (C=O) groups is 1. The molecule has 14 heavy (non-hydrogen) atoms. The summed E-state index contributed by atoms with van der Waals surface area (Å²) >= 11 is 11.2. The summed E-state index contributed by atoms with van der Waals surface area (Å²) in [6, 6.07) is 7.19. The second-order valence-electron chi connectivity index (χ2n) is 2.83. The average molecular weight is 234 g/mol. The zero-order valence-electron chi connectivity index (χ0n) is 8.42. The second-order valence-corrected chi connectivity index (χ2v) is 3.64. The number of carbonyl (C=O) groups excluding carboxylic acids is 1. The predicted molar refractivity (Wildman–Crippen MR) is 60.8 cm³/mol. The molecule has 0 heterocycles. The monoisotopic (exact) mass is 233 g/mol. The van der Waals surface area contributed by atoms with Crippen LogP contribution in [-0.2, 0) is 4.79 Å². The molecule has 0 atom stereocenters. The fraction of sp³-hybridized carbons (Fsp3) is 0.300. The molecule has 0 N–H and O–H groups in total. The predicted octanol–water partition coefficient (Wildman–Crippen LogP) is 3.09. The van der Waals surface area contributed by atoms with Crippen molar-refractivity contribution in [2.24, 2.45) is 0 Å². The van der Waals surface area contributed by atoms with E-state index in [4.69, 9.17) is 23.2 Å². The molecule has 0 aliphatic carbocycles. The van der Waals surface area contributed by atoms with Crippen LogP contribution >= 0.6 is 23.2 Å². The first-order chi connectivity index (χ1) is 6.45. The number of rotatable bonds is 0. The molecule has 0 aliphatic heterocycles. The molecular formula is C10H13Cl2NO. The highest BCUT2D eigenvalue weighted by Gasteiger charge is 1.89. The van der Waals surface area contributed by atoms with Crippen LogP contribution in [0, 0.1) is 0 Å². The van der Waals surface area contributed by atoms with E-state index < -0.39 is 0 Å². The zero-order chi connectivity index (χ0) is 11.1. The van der Waals surface area contributed by atoms with E-state index in [-0.39, 0.29) is 5.91 Å². The highest BCUT2D eigenvalue weighted by atomic mass is 35.5. The fourth-order valence-electron chi connectivity index (χ4n) is 0.439. The summed E-state index contributed by atoms with van der Waals surface area (Å²) < 4.78 is 0. The normalized spacial score (nSPS) is 8.64. The Kier molecular flexibility index (Phi) is 6.34. The first kappa shape index (κ1) is 13.3. The quantitative estimate of drug-likeness (QED) is 0.675. The van der Waals surface area contributed by atoms with Gasteiger partial charge < -0.3 is 4.90 Å². The first-order valence-electron chi connectivity index (χ1n) is 4.03. The molecule has 78 valence electrons. The van der Waals surface area contributed by atoms with Crippen LogP contribution in [0.4, 0.5) is 0 Å². The lowest BCUT2D eigenvalue weighted by Gasteiger charge is -2.02. The lowest BCUT2D eigenvalue weighted by molar-refractivity contribution is -0.126. The van der Waals surface area contributed by atoms with Crippen LogP contribution in [0.3, 0.4) is 0 Å². The molecular weight excluding hydrogens is 221 g/mol. The molecule has 2 nitrogen and oxygen atoms in total. The molecule has 1 aromatic carbocycles. The third kappa shape index (κ3) is 5.84. The van der Waals surface area contributed by atoms with E-state index in [9.17, 15) is 4.79 Å². The summed E-state index contributed by atoms with van der Waals surface area (Å²) in [5.41, 5.74) is 0. The molecule has 0 unspecified atom stereocenters. The Hall–Kier alpha value is -0.730. The summed E-state index contributed by atoms with van der Waals surface area (Å²) in [6.07, 6.45) is 0. The van der Waals surface area contributed by atoms with Crippen molar-refractivity contribution in [3.8, 4) is 0 Å². The van der Waals surface area contributed by atoms with Gasteiger partial charge in [-0.3, -0.25) is 4.79 Å². The van der Waals surface area contributed by atoms with Crippen molar-refractivity contribution in [1.82, 2.24) is 4.90 Å². The fourth-order valence-corrected chi connectivity index (χ4v) is 0.711. The molecule has 0 radical (unpaired) electrons. The topological polar surface area (TPSA) is 20.3 Å². The third-order valence-electron chi connectivity index (χ3n) is 1.45. The van der Waals surface area contributed by atoms with E-state index in [0.29, 0.717) is 10.0 Å². The van der Waals surface area contributed by atoms with Gasteiger partial charge >= 0.3 is 0 Å². The second kappa shape index (κ2) is 6.68. The van der Waals surface area contributed by atoms with Crippen molar-refractivity contribution >= 4 is 29.1 Å². The summed E-state index contributed by atoms with van der Waals surface area (Å²) in [7, 11) is 3.45. The van der Waals surface area contributed by atoms with E-state index in [1.807, 2.05) is 12.1 Å². The van der Waals surface area contributed by atoms with Crippen molar-refractivity contribution < 1.29 is 4.79 Å². The highest BCUT2D eigenvalue weighted by molar-refractivity contribution is 6.41. The molecule has 0 aromatic heterocycles. The summed E-state index contributed by atoms with van der Waals surface area (Å²) in [5.74, 6) is 0.0926. The average Bonchev–Trinajstić information content (AvgIpc) is 2.11. The van der Waals surface area contributed by atoms with Crippen LogP contribution in [0.15, 0.2) is 24.3 Å². The van der Waals surface area contributed by atoms with Crippen LogP contribution < -0.4 is 0 Å². The Labute approximate surface area is 94.4 Å². The van der Waals surface area contributed by atoms with E-state index >= 15 is 0 Å². The standard InChI is InChI=1S/C6H4Cl2.C4H9NO/c7-5-3-1-2-4-6(5)8;1-4(6)5(2)3/h1-4H;1-3H3. The smallest absolute Gasteiger partial charge is 0.218 e. The molecule has 0 saturated heterocycles. The van der Waals surface area contributed by atoms with Gasteiger partial charge in [-0.2, -0.15) is 0 Å². The molecule has 0 spiro atoms. The van der Waals surface area contributed by atoms with Crippen molar-refractivity contribution in [3.05, 3.63) is 34.3 Å². The Morgan fingerprint density at radius 3 is 1.57 bits per heavy atom. The Balaban J connectivity index is 0.000000255. The zero-order valence-corrected chi connectivity index (χ0v) is 9.93. The van der Waals surface area contributed by atoms with E-state index in [2.05, 4.69) is 0 Å². The van der Waals surface area contributed by atoms with Crippen molar-refractivity contribution in [2.45, 2.75) is 6.92 Å². The number of amides is 1. The molecule has 1 aromatic rings. The number of nitrogens with zero attached hydrogens (tertiary/aromatic N) is 1. The minimum absolute atomic E-state index is 0.0926. The minimum atomic E-state index is 0.0926. The van der Waals surface area contributed by atoms with Gasteiger partial charge in [-0.25, -0.2) is 0 Å². The van der Waals surface area contributed by atoms with Crippen LogP contribution in [0.25, 0.3) is 0 Å². The number of hydrogen-bond donors (Lipinski definition) is 0. The van der Waals surface area contributed by atoms with Crippen molar-refractivity contribution in [2.75, 3.05) is 14.1 Å². The van der Waals surface area contributed by atoms with Crippen LogP contribution in [0.1, 0.15) is 6.92 Å². The van der Waals surface area contributed by atoms with Gasteiger partial charge in [-0.1, -0.05) is 35.3 Å². The molecule has 0 saturated carbocycles. The van der Waals surface area contributed by atoms with Crippen molar-refractivity contribution in [1.29, 1.82) is 0 Å². The van der Waals surface area contributed by atoms with Crippen LogP contribution in [0.2, 0.25) is 10.0 Å². The largest absolute Gasteiger partial charge is 0.349 e. The van der Waals surface area contributed by atoms with Gasteiger partial charge in [0.15, 0.2) is 0 Å². The minimum Gasteiger partial charge on any atom is -0.349 e. The van der Waals surface area contributed by atoms with Gasteiger partial charge in [0.05, 0.1) is 10.0 Å². The Bertz CT molecular complexity index is 279. The maximum atomic E-state index is 10.1. The lowest BCUT2D eigenvalue weighted by atomic mass is 10.4. The Morgan fingerprint density at radius 2 is 1.43 bits per heavy atom. The van der Waals surface area contributed by atoms with Gasteiger partial charge in [0.1, 0.15) is 0 Å².